The van der Waals surface area contributed by atoms with Crippen LogP contribution in [0.5, 0.6) is 11.5 Å². The molecule has 0 spiro atoms. The minimum absolute atomic E-state index is 0.261. The predicted molar refractivity (Wildman–Crippen MR) is 157 cm³/mol. The van der Waals surface area contributed by atoms with Gasteiger partial charge in [-0.3, -0.25) is 19.8 Å². The Balaban J connectivity index is 1.81. The van der Waals surface area contributed by atoms with Crippen LogP contribution in [0.4, 0.5) is 0 Å². The van der Waals surface area contributed by atoms with E-state index in [9.17, 15) is 9.59 Å². The minimum atomic E-state index is -0.755. The molecule has 0 saturated heterocycles. The molecule has 2 N–H and O–H groups in total. The average molecular weight is 559 g/mol. The lowest BCUT2D eigenvalue weighted by Crippen LogP contribution is -2.25. The summed E-state index contributed by atoms with van der Waals surface area (Å²) in [6.45, 7) is 8.20. The van der Waals surface area contributed by atoms with Crippen molar-refractivity contribution >= 4 is 11.6 Å². The summed E-state index contributed by atoms with van der Waals surface area (Å²) in [7, 11) is 0. The van der Waals surface area contributed by atoms with E-state index in [0.29, 0.717) is 69.2 Å². The first-order chi connectivity index (χ1) is 19.3. The zero-order valence-electron chi connectivity index (χ0n) is 22.8. The monoisotopic (exact) mass is 558 g/mol. The lowest BCUT2D eigenvalue weighted by Gasteiger charge is -2.20. The van der Waals surface area contributed by atoms with Gasteiger partial charge in [0.05, 0.1) is 40.7 Å². The zero-order valence-corrected chi connectivity index (χ0v) is 23.6. The number of nitrogens with one attached hydrogen (secondary N) is 2. The fourth-order valence-corrected chi connectivity index (χ4v) is 5.37. The van der Waals surface area contributed by atoms with Crippen molar-refractivity contribution in [3.05, 3.63) is 127 Å². The van der Waals surface area contributed by atoms with Gasteiger partial charge in [-0.15, -0.1) is 0 Å². The molecule has 0 bridgehead atoms. The second-order valence-electron chi connectivity index (χ2n) is 9.38. The van der Waals surface area contributed by atoms with E-state index in [1.54, 1.807) is 6.07 Å². The van der Waals surface area contributed by atoms with Crippen LogP contribution in [-0.2, 0) is 0 Å². The van der Waals surface area contributed by atoms with Crippen LogP contribution < -0.4 is 20.6 Å². The van der Waals surface area contributed by atoms with Crippen LogP contribution in [0.2, 0.25) is 5.02 Å². The number of para-hydroxylation sites is 2. The van der Waals surface area contributed by atoms with Gasteiger partial charge in [-0.1, -0.05) is 48.0 Å². The molecule has 8 nitrogen and oxygen atoms in total. The summed E-state index contributed by atoms with van der Waals surface area (Å²) in [5.74, 6) is 0.119. The zero-order chi connectivity index (χ0) is 28.4. The molecule has 40 heavy (non-hydrogen) atoms. The number of nitrogens with zero attached hydrogens (tertiary/aromatic N) is 2. The van der Waals surface area contributed by atoms with Crippen molar-refractivity contribution in [2.75, 3.05) is 13.2 Å². The number of aromatic amines is 2. The number of rotatable bonds is 9. The van der Waals surface area contributed by atoms with Crippen molar-refractivity contribution in [1.29, 1.82) is 0 Å². The molecule has 206 valence electrons. The standard InChI is InChI=1S/C31H31ClN4O4/c1-5-39-25-18-21(17-24(32)29(25)40-6-2)28(26-19(3)33-35(30(26)37)22-13-9-7-10-14-22)27-20(4)34-36(31(27)38)23-15-11-8-12-16-23/h7-18,28,33-34H,5-6H2,1-4H3. The second kappa shape index (κ2) is 11.4. The van der Waals surface area contributed by atoms with Crippen LogP contribution in [0.25, 0.3) is 11.4 Å². The number of H-pyrrole nitrogens is 2. The van der Waals surface area contributed by atoms with E-state index < -0.39 is 5.92 Å². The second-order valence-corrected chi connectivity index (χ2v) is 9.79. The fourth-order valence-electron chi connectivity index (χ4n) is 5.10. The maximum Gasteiger partial charge on any atom is 0.275 e. The lowest BCUT2D eigenvalue weighted by atomic mass is 9.85. The molecule has 0 saturated carbocycles. The van der Waals surface area contributed by atoms with Crippen molar-refractivity contribution < 1.29 is 9.47 Å². The molecular weight excluding hydrogens is 528 g/mol. The molecule has 0 atom stereocenters. The Hall–Kier alpha value is -4.43. The first-order valence-electron chi connectivity index (χ1n) is 13.2. The topological polar surface area (TPSA) is 94.0 Å². The van der Waals surface area contributed by atoms with Crippen molar-refractivity contribution in [2.45, 2.75) is 33.6 Å². The third-order valence-corrected chi connectivity index (χ3v) is 7.07. The van der Waals surface area contributed by atoms with E-state index in [1.165, 1.54) is 9.36 Å². The van der Waals surface area contributed by atoms with Crippen LogP contribution in [0.3, 0.4) is 0 Å². The Kier molecular flexibility index (Phi) is 7.71. The fraction of sp³-hybridized carbons (Fsp3) is 0.226. The molecule has 3 aromatic carbocycles. The molecular formula is C31H31ClN4O4. The molecule has 0 fully saturated rings. The number of benzene rings is 3. The van der Waals surface area contributed by atoms with E-state index >= 15 is 0 Å². The Bertz CT molecular complexity index is 1650. The Morgan fingerprint density at radius 1 is 0.750 bits per heavy atom. The molecule has 2 heterocycles. The number of ether oxygens (including phenoxy) is 2. The van der Waals surface area contributed by atoms with Gasteiger partial charge in [0.2, 0.25) is 0 Å². The molecule has 5 aromatic rings. The van der Waals surface area contributed by atoms with Crippen molar-refractivity contribution in [3.8, 4) is 22.9 Å². The molecule has 0 aliphatic carbocycles. The van der Waals surface area contributed by atoms with E-state index in [-0.39, 0.29) is 11.1 Å². The van der Waals surface area contributed by atoms with E-state index in [2.05, 4.69) is 10.2 Å². The first-order valence-corrected chi connectivity index (χ1v) is 13.6. The van der Waals surface area contributed by atoms with Gasteiger partial charge in [0.15, 0.2) is 11.5 Å². The third kappa shape index (κ3) is 4.86. The van der Waals surface area contributed by atoms with Crippen LogP contribution >= 0.6 is 11.6 Å². The third-order valence-electron chi connectivity index (χ3n) is 6.79. The quantitative estimate of drug-likeness (QED) is 0.236. The highest BCUT2D eigenvalue weighted by molar-refractivity contribution is 6.32. The minimum Gasteiger partial charge on any atom is -0.490 e. The number of hydrogen-bond donors (Lipinski definition) is 2. The predicted octanol–water partition coefficient (Wildman–Crippen LogP) is 5.89. The summed E-state index contributed by atoms with van der Waals surface area (Å²) in [4.78, 5) is 28.1. The van der Waals surface area contributed by atoms with Crippen molar-refractivity contribution in [1.82, 2.24) is 19.6 Å². The number of aryl methyl sites for hydroxylation is 2. The summed E-state index contributed by atoms with van der Waals surface area (Å²) < 4.78 is 14.7. The summed E-state index contributed by atoms with van der Waals surface area (Å²) in [6, 6.07) is 22.2. The number of hydrogen-bond acceptors (Lipinski definition) is 4. The van der Waals surface area contributed by atoms with Gasteiger partial charge in [-0.2, -0.15) is 0 Å². The van der Waals surface area contributed by atoms with Crippen LogP contribution in [-0.4, -0.2) is 32.8 Å². The molecule has 0 unspecified atom stereocenters. The lowest BCUT2D eigenvalue weighted by molar-refractivity contribution is 0.287. The SMILES string of the molecule is CCOc1cc(C(c2c(C)[nH]n(-c3ccccc3)c2=O)c2c(C)[nH]n(-c3ccccc3)c2=O)cc(Cl)c1OCC. The number of halogens is 1. The summed E-state index contributed by atoms with van der Waals surface area (Å²) in [5, 5.41) is 6.75. The van der Waals surface area contributed by atoms with Crippen LogP contribution in [0.15, 0.2) is 82.4 Å². The normalized spacial score (nSPS) is 11.2. The summed E-state index contributed by atoms with van der Waals surface area (Å²) in [6.07, 6.45) is 0. The Morgan fingerprint density at radius 3 is 1.68 bits per heavy atom. The highest BCUT2D eigenvalue weighted by atomic mass is 35.5. The maximum atomic E-state index is 14.1. The molecule has 9 heteroatoms. The Morgan fingerprint density at radius 2 is 1.23 bits per heavy atom. The van der Waals surface area contributed by atoms with Gasteiger partial charge in [0.1, 0.15) is 0 Å². The molecule has 0 amide bonds. The maximum absolute atomic E-state index is 14.1. The van der Waals surface area contributed by atoms with Crippen LogP contribution in [0.1, 0.15) is 47.8 Å². The first kappa shape index (κ1) is 27.1. The average Bonchev–Trinajstić information content (AvgIpc) is 3.42. The van der Waals surface area contributed by atoms with Gasteiger partial charge in [-0.25, -0.2) is 9.36 Å². The highest BCUT2D eigenvalue weighted by Crippen LogP contribution is 2.42. The summed E-state index contributed by atoms with van der Waals surface area (Å²) in [5.41, 5.74) is 3.63. The van der Waals surface area contributed by atoms with Gasteiger partial charge >= 0.3 is 0 Å². The molecule has 2 aromatic heterocycles. The highest BCUT2D eigenvalue weighted by Gasteiger charge is 2.32. The van der Waals surface area contributed by atoms with Crippen molar-refractivity contribution in [2.24, 2.45) is 0 Å². The van der Waals surface area contributed by atoms with E-state index in [4.69, 9.17) is 21.1 Å². The molecule has 5 rings (SSSR count). The van der Waals surface area contributed by atoms with E-state index in [1.807, 2.05) is 94.4 Å². The van der Waals surface area contributed by atoms with E-state index in [0.717, 1.165) is 0 Å². The van der Waals surface area contributed by atoms with Crippen LogP contribution in [0, 0.1) is 13.8 Å². The smallest absolute Gasteiger partial charge is 0.275 e. The largest absolute Gasteiger partial charge is 0.490 e. The molecule has 0 aliphatic rings. The summed E-state index contributed by atoms with van der Waals surface area (Å²) >= 11 is 6.74. The van der Waals surface area contributed by atoms with Gasteiger partial charge in [0, 0.05) is 17.3 Å². The Labute approximate surface area is 236 Å². The van der Waals surface area contributed by atoms with Gasteiger partial charge in [0.25, 0.3) is 11.1 Å². The number of aromatic nitrogens is 4. The van der Waals surface area contributed by atoms with Crippen molar-refractivity contribution in [3.63, 3.8) is 0 Å². The molecule has 0 radical (unpaired) electrons. The van der Waals surface area contributed by atoms with Gasteiger partial charge < -0.3 is 9.47 Å². The van der Waals surface area contributed by atoms with Gasteiger partial charge in [-0.05, 0) is 69.7 Å². The molecule has 0 aliphatic heterocycles.